The summed E-state index contributed by atoms with van der Waals surface area (Å²) < 4.78 is 45.8. The van der Waals surface area contributed by atoms with Gasteiger partial charge in [0.05, 0.1) is 11.7 Å². The van der Waals surface area contributed by atoms with Crippen LogP contribution in [0, 0.1) is 0 Å². The quantitative estimate of drug-likeness (QED) is 0.532. The molecule has 1 aliphatic carbocycles. The molecule has 9 heteroatoms. The molecule has 0 bridgehead atoms. The van der Waals surface area contributed by atoms with Crippen LogP contribution in [0.25, 0.3) is 0 Å². The predicted molar refractivity (Wildman–Crippen MR) is 136 cm³/mol. The molecule has 4 rings (SSSR count). The third-order valence-electron chi connectivity index (χ3n) is 7.07. The molecule has 1 saturated heterocycles. The molecule has 0 unspecified atom stereocenters. The van der Waals surface area contributed by atoms with Crippen molar-refractivity contribution in [1.82, 2.24) is 4.90 Å². The fourth-order valence-electron chi connectivity index (χ4n) is 5.11. The van der Waals surface area contributed by atoms with E-state index in [2.05, 4.69) is 22.3 Å². The summed E-state index contributed by atoms with van der Waals surface area (Å²) in [5, 5.41) is 3.21. The third kappa shape index (κ3) is 6.24. The molecule has 6 nitrogen and oxygen atoms in total. The monoisotopic (exact) mass is 504 g/mol. The first kappa shape index (κ1) is 26.1. The van der Waals surface area contributed by atoms with Gasteiger partial charge >= 0.3 is 6.18 Å². The highest BCUT2D eigenvalue weighted by Crippen LogP contribution is 2.36. The number of piperazine rings is 1. The van der Waals surface area contributed by atoms with Gasteiger partial charge in [-0.3, -0.25) is 4.79 Å². The number of para-hydroxylation sites is 1. The third-order valence-corrected chi connectivity index (χ3v) is 7.07. The predicted octanol–water partition coefficient (Wildman–Crippen LogP) is 5.15. The Labute approximate surface area is 210 Å². The molecule has 3 N–H and O–H groups in total. The van der Waals surface area contributed by atoms with Crippen molar-refractivity contribution in [1.29, 1.82) is 0 Å². The van der Waals surface area contributed by atoms with Crippen LogP contribution in [0.4, 0.5) is 30.2 Å². The molecule has 2 aromatic carbocycles. The Morgan fingerprint density at radius 1 is 0.972 bits per heavy atom. The van der Waals surface area contributed by atoms with Crippen LogP contribution >= 0.6 is 0 Å². The molecule has 2 aromatic rings. The number of hydrogen-bond acceptors (Lipinski definition) is 5. The van der Waals surface area contributed by atoms with E-state index in [1.165, 1.54) is 11.8 Å². The highest BCUT2D eigenvalue weighted by molar-refractivity contribution is 5.84. The standard InChI is InChI=1S/C27H35F3N4O2/c1-26(2,25(35)34-16-14-33(15-17-34)21-6-4-3-5-7-21)36-22-11-8-19(9-12-22)32-20-10-13-24(31)23(18-20)27(28,29)30/h3-7,10,13,18-19,22,32H,8-9,11-12,14-17,31H2,1-2H3. The molecule has 1 aliphatic heterocycles. The van der Waals surface area contributed by atoms with Crippen molar-refractivity contribution >= 4 is 23.0 Å². The number of carbonyl (C=O) groups excluding carboxylic acids is 1. The molecule has 0 atom stereocenters. The first-order valence-corrected chi connectivity index (χ1v) is 12.5. The molecular weight excluding hydrogens is 469 g/mol. The normalized spacial score (nSPS) is 21.4. The van der Waals surface area contributed by atoms with E-state index < -0.39 is 17.3 Å². The maximum atomic E-state index is 13.3. The van der Waals surface area contributed by atoms with Gasteiger partial charge in [0.15, 0.2) is 0 Å². The van der Waals surface area contributed by atoms with Crippen LogP contribution in [0.5, 0.6) is 0 Å². The van der Waals surface area contributed by atoms with Gasteiger partial charge in [0.25, 0.3) is 5.91 Å². The minimum absolute atomic E-state index is 0.00276. The van der Waals surface area contributed by atoms with Crippen molar-refractivity contribution < 1.29 is 22.7 Å². The minimum Gasteiger partial charge on any atom is -0.398 e. The summed E-state index contributed by atoms with van der Waals surface area (Å²) in [4.78, 5) is 17.4. The highest BCUT2D eigenvalue weighted by Gasteiger charge is 2.38. The summed E-state index contributed by atoms with van der Waals surface area (Å²) in [6.45, 7) is 6.53. The summed E-state index contributed by atoms with van der Waals surface area (Å²) in [6, 6.07) is 14.2. The second-order valence-corrected chi connectivity index (χ2v) is 10.2. The van der Waals surface area contributed by atoms with E-state index in [4.69, 9.17) is 10.5 Å². The number of benzene rings is 2. The Hall–Kier alpha value is -2.94. The van der Waals surface area contributed by atoms with Gasteiger partial charge in [-0.1, -0.05) is 18.2 Å². The van der Waals surface area contributed by atoms with Crippen molar-refractivity contribution in [3.63, 3.8) is 0 Å². The Bertz CT molecular complexity index is 1030. The summed E-state index contributed by atoms with van der Waals surface area (Å²) in [6.07, 6.45) is -1.59. The second-order valence-electron chi connectivity index (χ2n) is 10.2. The largest absolute Gasteiger partial charge is 0.418 e. The molecule has 0 spiro atoms. The molecule has 1 saturated carbocycles. The molecule has 2 aliphatic rings. The molecule has 2 fully saturated rings. The van der Waals surface area contributed by atoms with Crippen molar-refractivity contribution in [2.75, 3.05) is 42.1 Å². The van der Waals surface area contributed by atoms with E-state index in [0.29, 0.717) is 18.8 Å². The maximum Gasteiger partial charge on any atom is 0.418 e. The number of carbonyl (C=O) groups is 1. The van der Waals surface area contributed by atoms with Gasteiger partial charge in [-0.2, -0.15) is 13.2 Å². The Morgan fingerprint density at radius 3 is 2.22 bits per heavy atom. The average Bonchev–Trinajstić information content (AvgIpc) is 2.86. The van der Waals surface area contributed by atoms with E-state index in [9.17, 15) is 18.0 Å². The summed E-state index contributed by atoms with van der Waals surface area (Å²) in [5.74, 6) is -0.00276. The number of nitrogens with zero attached hydrogens (tertiary/aromatic N) is 2. The Morgan fingerprint density at radius 2 is 1.61 bits per heavy atom. The van der Waals surface area contributed by atoms with E-state index in [1.54, 1.807) is 6.07 Å². The number of ether oxygens (including phenoxy) is 1. The first-order valence-electron chi connectivity index (χ1n) is 12.5. The molecule has 1 heterocycles. The SMILES string of the molecule is CC(C)(OC1CCC(Nc2ccc(N)c(C(F)(F)F)c2)CC1)C(=O)N1CCN(c2ccccc2)CC1. The van der Waals surface area contributed by atoms with E-state index in [1.807, 2.05) is 36.9 Å². The lowest BCUT2D eigenvalue weighted by Crippen LogP contribution is -2.55. The topological polar surface area (TPSA) is 70.8 Å². The van der Waals surface area contributed by atoms with Crippen LogP contribution in [0.3, 0.4) is 0 Å². The van der Waals surface area contributed by atoms with Crippen LogP contribution in [0.2, 0.25) is 0 Å². The zero-order chi connectivity index (χ0) is 25.9. The van der Waals surface area contributed by atoms with Gasteiger partial charge in [0, 0.05) is 49.3 Å². The van der Waals surface area contributed by atoms with Gasteiger partial charge in [-0.15, -0.1) is 0 Å². The number of nitrogens with two attached hydrogens (primary N) is 1. The van der Waals surface area contributed by atoms with Crippen molar-refractivity contribution in [3.8, 4) is 0 Å². The number of nitrogens with one attached hydrogen (secondary N) is 1. The van der Waals surface area contributed by atoms with Gasteiger partial charge in [-0.25, -0.2) is 0 Å². The van der Waals surface area contributed by atoms with Gasteiger partial charge < -0.3 is 25.6 Å². The number of amides is 1. The van der Waals surface area contributed by atoms with Crippen LogP contribution in [0.1, 0.15) is 45.1 Å². The number of anilines is 3. The van der Waals surface area contributed by atoms with Gasteiger partial charge in [0.1, 0.15) is 5.60 Å². The molecule has 36 heavy (non-hydrogen) atoms. The molecule has 0 radical (unpaired) electrons. The number of rotatable bonds is 6. The Kier molecular flexibility index (Phi) is 7.68. The van der Waals surface area contributed by atoms with E-state index in [-0.39, 0.29) is 23.7 Å². The highest BCUT2D eigenvalue weighted by atomic mass is 19.4. The number of halogens is 3. The second kappa shape index (κ2) is 10.6. The van der Waals surface area contributed by atoms with Crippen LogP contribution < -0.4 is 16.0 Å². The smallest absolute Gasteiger partial charge is 0.398 e. The van der Waals surface area contributed by atoms with Gasteiger partial charge in [-0.05, 0) is 69.9 Å². The summed E-state index contributed by atoms with van der Waals surface area (Å²) in [7, 11) is 0. The fourth-order valence-corrected chi connectivity index (χ4v) is 5.11. The number of hydrogen-bond donors (Lipinski definition) is 2. The van der Waals surface area contributed by atoms with Crippen molar-refractivity contribution in [2.45, 2.75) is 63.5 Å². The minimum atomic E-state index is -4.49. The fraction of sp³-hybridized carbons (Fsp3) is 0.519. The first-order chi connectivity index (χ1) is 17.0. The van der Waals surface area contributed by atoms with Crippen molar-refractivity contribution in [3.05, 3.63) is 54.1 Å². The Balaban J connectivity index is 1.25. The molecule has 0 aromatic heterocycles. The zero-order valence-electron chi connectivity index (χ0n) is 20.9. The number of alkyl halides is 3. The molecular formula is C27H35F3N4O2. The van der Waals surface area contributed by atoms with Crippen LogP contribution in [-0.2, 0) is 15.7 Å². The lowest BCUT2D eigenvalue weighted by molar-refractivity contribution is -0.163. The lowest BCUT2D eigenvalue weighted by Gasteiger charge is -2.41. The lowest BCUT2D eigenvalue weighted by atomic mass is 9.92. The van der Waals surface area contributed by atoms with Crippen LogP contribution in [-0.4, -0.2) is 54.7 Å². The molecule has 1 amide bonds. The molecule has 196 valence electrons. The van der Waals surface area contributed by atoms with E-state index >= 15 is 0 Å². The van der Waals surface area contributed by atoms with Crippen molar-refractivity contribution in [2.24, 2.45) is 0 Å². The number of nitrogen functional groups attached to an aromatic ring is 1. The van der Waals surface area contributed by atoms with E-state index in [0.717, 1.165) is 44.8 Å². The maximum absolute atomic E-state index is 13.3. The van der Waals surface area contributed by atoms with Crippen LogP contribution in [0.15, 0.2) is 48.5 Å². The summed E-state index contributed by atoms with van der Waals surface area (Å²) >= 11 is 0. The zero-order valence-corrected chi connectivity index (χ0v) is 20.9. The van der Waals surface area contributed by atoms with Gasteiger partial charge in [0.2, 0.25) is 0 Å². The summed E-state index contributed by atoms with van der Waals surface area (Å²) in [5.41, 5.74) is 5.04. The average molecular weight is 505 g/mol.